The number of anilines is 2. The molecule has 4 rings (SSSR count). The van der Waals surface area contributed by atoms with Crippen LogP contribution in [0.2, 0.25) is 0 Å². The van der Waals surface area contributed by atoms with Gasteiger partial charge in [0.15, 0.2) is 0 Å². The SMILES string of the molecule is CCC(=O)Nc1cc(C)cc(COc2c(Br)cc(CC(F)C(=O)O)cc2Br)c1.CCC(=O)Nc1cc(C)cc(COc2c(Br)cc(CCC(=O)O)cc2Br)c1. The number of benzene rings is 4. The van der Waals surface area contributed by atoms with Crippen molar-refractivity contribution in [2.75, 3.05) is 10.6 Å². The minimum absolute atomic E-state index is 0.0325. The summed E-state index contributed by atoms with van der Waals surface area (Å²) in [7, 11) is 0. The molecule has 2 amide bonds. The average molecular weight is 1020 g/mol. The van der Waals surface area contributed by atoms with Crippen molar-refractivity contribution in [3.05, 3.63) is 112 Å². The number of aliphatic carboxylic acids is 2. The maximum Gasteiger partial charge on any atom is 0.338 e. The summed E-state index contributed by atoms with van der Waals surface area (Å²) in [4.78, 5) is 44.6. The molecule has 15 heteroatoms. The molecule has 0 spiro atoms. The summed E-state index contributed by atoms with van der Waals surface area (Å²) in [6.07, 6.45) is -0.846. The molecular formula is C40H41Br4FN2O8. The Balaban J connectivity index is 0.000000296. The van der Waals surface area contributed by atoms with Crippen molar-refractivity contribution in [1.82, 2.24) is 0 Å². The molecule has 0 saturated heterocycles. The Hall–Kier alpha value is -3.79. The molecule has 1 atom stereocenters. The minimum Gasteiger partial charge on any atom is -0.487 e. The number of halogens is 5. The van der Waals surface area contributed by atoms with Crippen molar-refractivity contribution in [2.24, 2.45) is 0 Å². The Morgan fingerprint density at radius 1 is 0.636 bits per heavy atom. The zero-order valence-corrected chi connectivity index (χ0v) is 36.9. The van der Waals surface area contributed by atoms with E-state index >= 15 is 0 Å². The maximum absolute atomic E-state index is 13.4. The molecule has 0 heterocycles. The molecule has 0 bridgehead atoms. The number of hydrogen-bond donors (Lipinski definition) is 4. The molecule has 4 aromatic carbocycles. The van der Waals surface area contributed by atoms with Crippen molar-refractivity contribution < 1.29 is 43.3 Å². The quantitative estimate of drug-likeness (QED) is 0.0866. The number of nitrogens with one attached hydrogen (secondary N) is 2. The minimum atomic E-state index is -1.96. The van der Waals surface area contributed by atoms with Gasteiger partial charge in [0.25, 0.3) is 0 Å². The standard InChI is InChI=1S/C20H20Br2FNO4.C20H21Br2NO4/c1-3-18(25)24-14-5-11(2)4-13(6-14)10-28-19-15(21)7-12(8-16(19)22)9-17(23)20(26)27;1-3-18(24)23-15-7-12(2)6-14(8-15)11-27-20-16(21)9-13(10-17(20)22)4-5-19(25)26/h4-8,17H,3,9-10H2,1-2H3,(H,24,25)(H,26,27);6-10H,3-5,11H2,1-2H3,(H,23,24)(H,25,26). The molecule has 0 radical (unpaired) electrons. The fraction of sp³-hybridized carbons (Fsp3) is 0.300. The summed E-state index contributed by atoms with van der Waals surface area (Å²) in [5.41, 5.74) is 6.74. The second-order valence-corrected chi connectivity index (χ2v) is 15.9. The highest BCUT2D eigenvalue weighted by molar-refractivity contribution is 9.11. The van der Waals surface area contributed by atoms with Crippen LogP contribution in [0, 0.1) is 13.8 Å². The molecule has 4 aromatic rings. The van der Waals surface area contributed by atoms with Gasteiger partial charge in [-0.2, -0.15) is 0 Å². The Morgan fingerprint density at radius 2 is 1.04 bits per heavy atom. The van der Waals surface area contributed by atoms with Gasteiger partial charge in [-0.25, -0.2) is 9.18 Å². The molecular weight excluding hydrogens is 975 g/mol. The Morgan fingerprint density at radius 3 is 1.40 bits per heavy atom. The van der Waals surface area contributed by atoms with E-state index in [2.05, 4.69) is 74.4 Å². The molecule has 4 N–H and O–H groups in total. The van der Waals surface area contributed by atoms with Gasteiger partial charge in [-0.3, -0.25) is 14.4 Å². The number of ether oxygens (including phenoxy) is 2. The van der Waals surface area contributed by atoms with E-state index < -0.39 is 18.1 Å². The number of aryl methyl sites for hydroxylation is 3. The number of carbonyl (C=O) groups excluding carboxylic acids is 2. The van der Waals surface area contributed by atoms with Crippen molar-refractivity contribution in [1.29, 1.82) is 0 Å². The normalized spacial score (nSPS) is 11.1. The average Bonchev–Trinajstić information content (AvgIpc) is 3.09. The third-order valence-corrected chi connectivity index (χ3v) is 10.0. The summed E-state index contributed by atoms with van der Waals surface area (Å²) in [5, 5.41) is 23.2. The molecule has 0 aliphatic heterocycles. The van der Waals surface area contributed by atoms with E-state index in [1.54, 1.807) is 19.1 Å². The lowest BCUT2D eigenvalue weighted by molar-refractivity contribution is -0.142. The van der Waals surface area contributed by atoms with Gasteiger partial charge in [0.2, 0.25) is 18.0 Å². The second kappa shape index (κ2) is 22.1. The third-order valence-electron chi connectivity index (χ3n) is 7.68. The van der Waals surface area contributed by atoms with Crippen LogP contribution < -0.4 is 20.1 Å². The fourth-order valence-electron chi connectivity index (χ4n) is 5.15. The number of carboxylic acids is 2. The summed E-state index contributed by atoms with van der Waals surface area (Å²) in [6.45, 7) is 8.09. The monoisotopic (exact) mass is 1010 g/mol. The Kier molecular flexibility index (Phi) is 18.3. The van der Waals surface area contributed by atoms with E-state index in [0.717, 1.165) is 42.5 Å². The maximum atomic E-state index is 13.4. The second-order valence-electron chi connectivity index (χ2n) is 12.5. The number of amides is 2. The van der Waals surface area contributed by atoms with Gasteiger partial charge < -0.3 is 30.3 Å². The summed E-state index contributed by atoms with van der Waals surface area (Å²) >= 11 is 13.8. The number of alkyl halides is 1. The fourth-order valence-corrected chi connectivity index (χ4v) is 8.17. The highest BCUT2D eigenvalue weighted by atomic mass is 79.9. The van der Waals surface area contributed by atoms with E-state index in [-0.39, 0.29) is 31.3 Å². The van der Waals surface area contributed by atoms with Crippen molar-refractivity contribution in [2.45, 2.75) is 79.2 Å². The predicted octanol–water partition coefficient (Wildman–Crippen LogP) is 10.9. The first-order valence-electron chi connectivity index (χ1n) is 17.1. The molecule has 1 unspecified atom stereocenters. The van der Waals surface area contributed by atoms with E-state index in [9.17, 15) is 23.6 Å². The molecule has 10 nitrogen and oxygen atoms in total. The molecule has 294 valence electrons. The summed E-state index contributed by atoms with van der Waals surface area (Å²) in [6, 6.07) is 18.5. The molecule has 55 heavy (non-hydrogen) atoms. The Labute approximate surface area is 353 Å². The van der Waals surface area contributed by atoms with Crippen LogP contribution >= 0.6 is 63.7 Å². The van der Waals surface area contributed by atoms with Crippen LogP contribution in [0.3, 0.4) is 0 Å². The van der Waals surface area contributed by atoms with Crippen LogP contribution in [-0.2, 0) is 45.2 Å². The van der Waals surface area contributed by atoms with Crippen LogP contribution in [0.1, 0.15) is 66.5 Å². The first-order chi connectivity index (χ1) is 26.0. The lowest BCUT2D eigenvalue weighted by Crippen LogP contribution is -2.17. The van der Waals surface area contributed by atoms with E-state index in [1.165, 1.54) is 0 Å². The Bertz CT molecular complexity index is 1980. The van der Waals surface area contributed by atoms with Gasteiger partial charge in [-0.15, -0.1) is 0 Å². The van der Waals surface area contributed by atoms with Gasteiger partial charge in [0, 0.05) is 37.1 Å². The highest BCUT2D eigenvalue weighted by Crippen LogP contribution is 2.37. The van der Waals surface area contributed by atoms with Crippen LogP contribution in [0.4, 0.5) is 15.8 Å². The number of rotatable bonds is 16. The van der Waals surface area contributed by atoms with Crippen LogP contribution in [0.15, 0.2) is 78.6 Å². The highest BCUT2D eigenvalue weighted by Gasteiger charge is 2.19. The van der Waals surface area contributed by atoms with Crippen LogP contribution in [-0.4, -0.2) is 40.1 Å². The van der Waals surface area contributed by atoms with Crippen molar-refractivity contribution >= 4 is 98.8 Å². The first kappa shape index (κ1) is 45.6. The molecule has 0 fully saturated rings. The van der Waals surface area contributed by atoms with Crippen molar-refractivity contribution in [3.63, 3.8) is 0 Å². The zero-order chi connectivity index (χ0) is 40.8. The predicted molar refractivity (Wildman–Crippen MR) is 225 cm³/mol. The van der Waals surface area contributed by atoms with Crippen LogP contribution in [0.25, 0.3) is 0 Å². The van der Waals surface area contributed by atoms with Crippen molar-refractivity contribution in [3.8, 4) is 11.5 Å². The molecule has 0 aliphatic carbocycles. The third kappa shape index (κ3) is 15.3. The number of carbonyl (C=O) groups is 4. The smallest absolute Gasteiger partial charge is 0.338 e. The summed E-state index contributed by atoms with van der Waals surface area (Å²) in [5.74, 6) is -1.24. The van der Waals surface area contributed by atoms with E-state index in [4.69, 9.17) is 19.7 Å². The lowest BCUT2D eigenvalue weighted by atomic mass is 10.1. The number of carboxylic acid groups (broad SMARTS) is 2. The summed E-state index contributed by atoms with van der Waals surface area (Å²) < 4.78 is 28.0. The van der Waals surface area contributed by atoms with E-state index in [0.29, 0.717) is 57.6 Å². The first-order valence-corrected chi connectivity index (χ1v) is 20.3. The van der Waals surface area contributed by atoms with Gasteiger partial charge in [-0.05, 0) is 166 Å². The topological polar surface area (TPSA) is 151 Å². The van der Waals surface area contributed by atoms with Crippen LogP contribution in [0.5, 0.6) is 11.5 Å². The molecule has 0 aliphatic rings. The molecule has 0 aromatic heterocycles. The van der Waals surface area contributed by atoms with E-state index in [1.807, 2.05) is 69.3 Å². The van der Waals surface area contributed by atoms with Gasteiger partial charge in [0.05, 0.1) is 17.9 Å². The zero-order valence-electron chi connectivity index (χ0n) is 30.5. The van der Waals surface area contributed by atoms with Gasteiger partial charge in [-0.1, -0.05) is 26.0 Å². The van der Waals surface area contributed by atoms with Gasteiger partial charge in [0.1, 0.15) is 24.7 Å². The lowest BCUT2D eigenvalue weighted by Gasteiger charge is -2.14. The van der Waals surface area contributed by atoms with Gasteiger partial charge >= 0.3 is 11.9 Å². The molecule has 0 saturated carbocycles. The number of hydrogen-bond acceptors (Lipinski definition) is 6. The largest absolute Gasteiger partial charge is 0.487 e.